The van der Waals surface area contributed by atoms with Crippen LogP contribution in [0.1, 0.15) is 59.3 Å². The van der Waals surface area contributed by atoms with Gasteiger partial charge in [-0.3, -0.25) is 14.6 Å². The summed E-state index contributed by atoms with van der Waals surface area (Å²) in [7, 11) is 0. The zero-order valence-electron chi connectivity index (χ0n) is 15.2. The number of carbonyl (C=O) groups is 2. The van der Waals surface area contributed by atoms with Crippen molar-refractivity contribution in [3.8, 4) is 0 Å². The molecule has 0 spiro atoms. The second-order valence-corrected chi connectivity index (χ2v) is 8.33. The van der Waals surface area contributed by atoms with Crippen LogP contribution in [0.3, 0.4) is 0 Å². The first-order valence-corrected chi connectivity index (χ1v) is 9.39. The maximum atomic E-state index is 12.8. The molecule has 3 heterocycles. The lowest BCUT2D eigenvalue weighted by Gasteiger charge is -2.33. The van der Waals surface area contributed by atoms with E-state index in [1.807, 2.05) is 20.8 Å². The fourth-order valence-electron chi connectivity index (χ4n) is 4.27. The van der Waals surface area contributed by atoms with Crippen LogP contribution < -0.4 is 5.32 Å². The number of likely N-dealkylation sites (tertiary alicyclic amines) is 1. The predicted molar refractivity (Wildman–Crippen MR) is 91.7 cm³/mol. The average molecular weight is 337 g/mol. The molecule has 24 heavy (non-hydrogen) atoms. The molecule has 6 nitrogen and oxygen atoms in total. The molecule has 3 atom stereocenters. The number of nitrogens with one attached hydrogen (secondary N) is 1. The third-order valence-electron chi connectivity index (χ3n) is 5.37. The molecule has 1 N–H and O–H groups in total. The molecule has 3 aliphatic rings. The van der Waals surface area contributed by atoms with Gasteiger partial charge < -0.3 is 10.1 Å². The summed E-state index contributed by atoms with van der Waals surface area (Å²) in [5.74, 6) is -0.00390. The largest absolute Gasteiger partial charge is 0.444 e. The van der Waals surface area contributed by atoms with Gasteiger partial charge in [0.2, 0.25) is 5.91 Å². The molecule has 0 bridgehead atoms. The molecule has 3 saturated heterocycles. The Bertz CT molecular complexity index is 488. The van der Waals surface area contributed by atoms with Crippen molar-refractivity contribution in [1.82, 2.24) is 15.1 Å². The summed E-state index contributed by atoms with van der Waals surface area (Å²) >= 11 is 0. The molecule has 0 aromatic heterocycles. The Morgan fingerprint density at radius 2 is 1.79 bits per heavy atom. The number of hydrogen-bond acceptors (Lipinski definition) is 4. The van der Waals surface area contributed by atoms with Gasteiger partial charge in [-0.25, -0.2) is 4.79 Å². The highest BCUT2D eigenvalue weighted by Gasteiger charge is 2.40. The van der Waals surface area contributed by atoms with E-state index in [0.717, 1.165) is 32.4 Å². The van der Waals surface area contributed by atoms with E-state index in [1.165, 1.54) is 19.3 Å². The van der Waals surface area contributed by atoms with Gasteiger partial charge in [-0.2, -0.15) is 0 Å². The van der Waals surface area contributed by atoms with Crippen LogP contribution in [0.25, 0.3) is 0 Å². The minimum absolute atomic E-state index is 0.00390. The van der Waals surface area contributed by atoms with Crippen molar-refractivity contribution < 1.29 is 14.3 Å². The van der Waals surface area contributed by atoms with E-state index in [4.69, 9.17) is 4.74 Å². The Morgan fingerprint density at radius 3 is 2.54 bits per heavy atom. The van der Waals surface area contributed by atoms with Crippen molar-refractivity contribution >= 4 is 12.0 Å². The number of ether oxygens (including phenoxy) is 1. The van der Waals surface area contributed by atoms with E-state index >= 15 is 0 Å². The van der Waals surface area contributed by atoms with E-state index in [9.17, 15) is 9.59 Å². The van der Waals surface area contributed by atoms with Crippen LogP contribution in [-0.2, 0) is 9.53 Å². The van der Waals surface area contributed by atoms with Crippen LogP contribution in [0.5, 0.6) is 0 Å². The van der Waals surface area contributed by atoms with E-state index in [2.05, 4.69) is 10.2 Å². The lowest BCUT2D eigenvalue weighted by molar-refractivity contribution is -0.126. The Morgan fingerprint density at radius 1 is 1.00 bits per heavy atom. The monoisotopic (exact) mass is 337 g/mol. The van der Waals surface area contributed by atoms with E-state index in [0.29, 0.717) is 12.6 Å². The van der Waals surface area contributed by atoms with Gasteiger partial charge in [-0.15, -0.1) is 0 Å². The number of piperidine rings is 1. The van der Waals surface area contributed by atoms with Crippen LogP contribution in [0.15, 0.2) is 0 Å². The average Bonchev–Trinajstić information content (AvgIpc) is 3.13. The SMILES string of the molecule is CC(C)(C)OC(=O)N1CCC[C@@H]1C(=O)N[C@H]1CCN2CCCC[C@@H]12. The number of amides is 2. The number of nitrogens with zero attached hydrogens (tertiary/aromatic N) is 2. The summed E-state index contributed by atoms with van der Waals surface area (Å²) < 4.78 is 5.46. The number of carbonyl (C=O) groups excluding carboxylic acids is 2. The summed E-state index contributed by atoms with van der Waals surface area (Å²) in [6, 6.07) is 0.343. The standard InChI is InChI=1S/C18H31N3O3/c1-18(2,3)24-17(23)21-11-6-8-15(21)16(22)19-13-9-12-20-10-5-4-7-14(13)20/h13-15H,4-12H2,1-3H3,(H,19,22)/t13-,14-,15+/m0/s1. The van der Waals surface area contributed by atoms with Gasteiger partial charge in [0, 0.05) is 25.2 Å². The smallest absolute Gasteiger partial charge is 0.410 e. The third-order valence-corrected chi connectivity index (χ3v) is 5.37. The van der Waals surface area contributed by atoms with Crippen molar-refractivity contribution in [2.24, 2.45) is 0 Å². The van der Waals surface area contributed by atoms with E-state index in [1.54, 1.807) is 4.90 Å². The first kappa shape index (κ1) is 17.5. The van der Waals surface area contributed by atoms with Gasteiger partial charge in [-0.05, 0) is 59.4 Å². The highest BCUT2D eigenvalue weighted by atomic mass is 16.6. The molecular formula is C18H31N3O3. The first-order valence-electron chi connectivity index (χ1n) is 9.39. The Labute approximate surface area is 144 Å². The highest BCUT2D eigenvalue weighted by molar-refractivity contribution is 5.86. The zero-order valence-corrected chi connectivity index (χ0v) is 15.2. The third kappa shape index (κ3) is 3.85. The van der Waals surface area contributed by atoms with Crippen LogP contribution in [0.2, 0.25) is 0 Å². The van der Waals surface area contributed by atoms with Crippen LogP contribution >= 0.6 is 0 Å². The summed E-state index contributed by atoms with van der Waals surface area (Å²) in [6.07, 6.45) is 5.93. The minimum Gasteiger partial charge on any atom is -0.444 e. The highest BCUT2D eigenvalue weighted by Crippen LogP contribution is 2.28. The van der Waals surface area contributed by atoms with Crippen molar-refractivity contribution in [2.75, 3.05) is 19.6 Å². The molecule has 136 valence electrons. The second kappa shape index (κ2) is 6.90. The van der Waals surface area contributed by atoms with Gasteiger partial charge in [0.05, 0.1) is 0 Å². The second-order valence-electron chi connectivity index (χ2n) is 8.33. The number of fused-ring (bicyclic) bond motifs is 1. The lowest BCUT2D eigenvalue weighted by atomic mass is 9.98. The fourth-order valence-corrected chi connectivity index (χ4v) is 4.27. The molecule has 3 aliphatic heterocycles. The van der Waals surface area contributed by atoms with Crippen LogP contribution in [-0.4, -0.2) is 65.2 Å². The molecule has 0 unspecified atom stereocenters. The van der Waals surface area contributed by atoms with Gasteiger partial charge in [0.1, 0.15) is 11.6 Å². The molecule has 3 fully saturated rings. The lowest BCUT2D eigenvalue weighted by Crippen LogP contribution is -2.53. The fraction of sp³-hybridized carbons (Fsp3) is 0.889. The van der Waals surface area contributed by atoms with Crippen LogP contribution in [0, 0.1) is 0 Å². The molecule has 0 aromatic carbocycles. The zero-order chi connectivity index (χ0) is 17.3. The van der Waals surface area contributed by atoms with E-state index in [-0.39, 0.29) is 24.1 Å². The molecule has 0 aliphatic carbocycles. The minimum atomic E-state index is -0.533. The van der Waals surface area contributed by atoms with Crippen molar-refractivity contribution in [3.05, 3.63) is 0 Å². The molecule has 6 heteroatoms. The predicted octanol–water partition coefficient (Wildman–Crippen LogP) is 2.13. The maximum Gasteiger partial charge on any atom is 0.410 e. The van der Waals surface area contributed by atoms with Crippen LogP contribution in [0.4, 0.5) is 4.79 Å². The van der Waals surface area contributed by atoms with Gasteiger partial charge in [-0.1, -0.05) is 6.42 Å². The summed E-state index contributed by atoms with van der Waals surface area (Å²) in [5, 5.41) is 3.24. The number of hydrogen-bond donors (Lipinski definition) is 1. The number of rotatable bonds is 2. The molecule has 2 amide bonds. The maximum absolute atomic E-state index is 12.8. The Kier molecular flexibility index (Phi) is 5.04. The first-order chi connectivity index (χ1) is 11.3. The van der Waals surface area contributed by atoms with Gasteiger partial charge in [0.25, 0.3) is 0 Å². The quantitative estimate of drug-likeness (QED) is 0.838. The molecule has 0 saturated carbocycles. The van der Waals surface area contributed by atoms with Gasteiger partial charge in [0.15, 0.2) is 0 Å². The Hall–Kier alpha value is -1.30. The van der Waals surface area contributed by atoms with Crippen molar-refractivity contribution in [2.45, 2.75) is 83.0 Å². The van der Waals surface area contributed by atoms with Crippen molar-refractivity contribution in [3.63, 3.8) is 0 Å². The summed E-state index contributed by atoms with van der Waals surface area (Å²) in [6.45, 7) is 8.40. The topological polar surface area (TPSA) is 61.9 Å². The normalized spacial score (nSPS) is 31.0. The summed E-state index contributed by atoms with van der Waals surface area (Å²) in [4.78, 5) is 29.2. The van der Waals surface area contributed by atoms with Crippen molar-refractivity contribution in [1.29, 1.82) is 0 Å². The Balaban J connectivity index is 1.58. The molecule has 0 radical (unpaired) electrons. The molecular weight excluding hydrogens is 306 g/mol. The van der Waals surface area contributed by atoms with E-state index < -0.39 is 5.60 Å². The molecule has 3 rings (SSSR count). The summed E-state index contributed by atoms with van der Waals surface area (Å²) in [5.41, 5.74) is -0.533. The van der Waals surface area contributed by atoms with Gasteiger partial charge >= 0.3 is 6.09 Å². The molecule has 0 aromatic rings.